The lowest BCUT2D eigenvalue weighted by Crippen LogP contribution is -2.12. The molecule has 1 rings (SSSR count). The molecule has 0 radical (unpaired) electrons. The van der Waals surface area contributed by atoms with Crippen LogP contribution in [0.2, 0.25) is 0 Å². The molecule has 0 unspecified atom stereocenters. The Kier molecular flexibility index (Phi) is 9.44. The molecule has 1 N–H and O–H groups in total. The van der Waals surface area contributed by atoms with Crippen molar-refractivity contribution in [1.29, 1.82) is 0 Å². The van der Waals surface area contributed by atoms with Gasteiger partial charge in [-0.3, -0.25) is 4.79 Å². The highest BCUT2D eigenvalue weighted by atomic mass is 19.1. The molecule has 0 saturated heterocycles. The second-order valence-electron chi connectivity index (χ2n) is 5.75. The zero-order valence-corrected chi connectivity index (χ0v) is 13.5. The lowest BCUT2D eigenvalue weighted by Gasteiger charge is -2.06. The van der Waals surface area contributed by atoms with Crippen molar-refractivity contribution < 1.29 is 13.6 Å². The van der Waals surface area contributed by atoms with Gasteiger partial charge in [0.25, 0.3) is 0 Å². The zero-order valence-electron chi connectivity index (χ0n) is 13.5. The largest absolute Gasteiger partial charge is 0.324 e. The number of anilines is 1. The summed E-state index contributed by atoms with van der Waals surface area (Å²) in [6.45, 7) is 2.21. The van der Waals surface area contributed by atoms with E-state index in [1.54, 1.807) is 0 Å². The number of carbonyl (C=O) groups is 1. The van der Waals surface area contributed by atoms with Crippen LogP contribution < -0.4 is 5.32 Å². The molecule has 1 aromatic rings. The van der Waals surface area contributed by atoms with Gasteiger partial charge in [0.05, 0.1) is 5.69 Å². The highest BCUT2D eigenvalue weighted by molar-refractivity contribution is 5.90. The second-order valence-corrected chi connectivity index (χ2v) is 5.75. The molecule has 1 amide bonds. The SMILES string of the molecule is CCCCCCCCCCCC(=O)Nc1ccc(F)cc1F. The summed E-state index contributed by atoms with van der Waals surface area (Å²) in [7, 11) is 0. The molecule has 0 fully saturated rings. The predicted molar refractivity (Wildman–Crippen MR) is 86.8 cm³/mol. The quantitative estimate of drug-likeness (QED) is 0.512. The second kappa shape index (κ2) is 11.2. The van der Waals surface area contributed by atoms with Gasteiger partial charge in [-0.05, 0) is 18.6 Å². The molecular formula is C18H27F2NO. The van der Waals surface area contributed by atoms with Gasteiger partial charge in [-0.25, -0.2) is 8.78 Å². The number of hydrogen-bond donors (Lipinski definition) is 1. The Morgan fingerprint density at radius 3 is 2.14 bits per heavy atom. The van der Waals surface area contributed by atoms with E-state index in [1.165, 1.54) is 44.6 Å². The third-order valence-corrected chi connectivity index (χ3v) is 3.71. The molecule has 0 spiro atoms. The van der Waals surface area contributed by atoms with Gasteiger partial charge in [0.1, 0.15) is 11.6 Å². The first-order valence-electron chi connectivity index (χ1n) is 8.38. The van der Waals surface area contributed by atoms with Crippen LogP contribution in [0.15, 0.2) is 18.2 Å². The molecule has 1 aromatic carbocycles. The maximum Gasteiger partial charge on any atom is 0.224 e. The first-order chi connectivity index (χ1) is 10.6. The maximum atomic E-state index is 13.4. The van der Waals surface area contributed by atoms with Crippen molar-refractivity contribution in [3.05, 3.63) is 29.8 Å². The van der Waals surface area contributed by atoms with E-state index in [-0.39, 0.29) is 11.6 Å². The fourth-order valence-corrected chi connectivity index (χ4v) is 2.40. The molecule has 4 heteroatoms. The fraction of sp³-hybridized carbons (Fsp3) is 0.611. The van der Waals surface area contributed by atoms with Crippen LogP contribution in [0.1, 0.15) is 71.1 Å². The summed E-state index contributed by atoms with van der Waals surface area (Å²) in [6.07, 6.45) is 11.1. The minimum Gasteiger partial charge on any atom is -0.324 e. The third-order valence-electron chi connectivity index (χ3n) is 3.71. The number of halogens is 2. The molecule has 0 aliphatic carbocycles. The van der Waals surface area contributed by atoms with Crippen molar-refractivity contribution in [3.8, 4) is 0 Å². The molecule has 124 valence electrons. The molecule has 22 heavy (non-hydrogen) atoms. The zero-order chi connectivity index (χ0) is 16.2. The lowest BCUT2D eigenvalue weighted by atomic mass is 10.1. The van der Waals surface area contributed by atoms with E-state index in [1.807, 2.05) is 0 Å². The summed E-state index contributed by atoms with van der Waals surface area (Å²) in [4.78, 5) is 11.7. The number of benzene rings is 1. The minimum atomic E-state index is -0.736. The van der Waals surface area contributed by atoms with Crippen molar-refractivity contribution in [2.45, 2.75) is 71.1 Å². The number of nitrogens with one attached hydrogen (secondary N) is 1. The third kappa shape index (κ3) is 8.11. The van der Waals surface area contributed by atoms with Crippen molar-refractivity contribution in [2.75, 3.05) is 5.32 Å². The van der Waals surface area contributed by atoms with Gasteiger partial charge in [-0.2, -0.15) is 0 Å². The average molecular weight is 311 g/mol. The Balaban J connectivity index is 2.06. The summed E-state index contributed by atoms with van der Waals surface area (Å²) in [5, 5.41) is 2.48. The summed E-state index contributed by atoms with van der Waals surface area (Å²) in [5.74, 6) is -1.59. The van der Waals surface area contributed by atoms with Crippen LogP contribution in [0, 0.1) is 11.6 Å². The van der Waals surface area contributed by atoms with Crippen LogP contribution in [-0.2, 0) is 4.79 Å². The monoisotopic (exact) mass is 311 g/mol. The van der Waals surface area contributed by atoms with Crippen LogP contribution >= 0.6 is 0 Å². The first-order valence-corrected chi connectivity index (χ1v) is 8.38. The Morgan fingerprint density at radius 2 is 1.55 bits per heavy atom. The predicted octanol–water partition coefficient (Wildman–Crippen LogP) is 5.82. The molecule has 0 aliphatic heterocycles. The van der Waals surface area contributed by atoms with Crippen LogP contribution in [-0.4, -0.2) is 5.91 Å². The maximum absolute atomic E-state index is 13.4. The van der Waals surface area contributed by atoms with E-state index in [0.29, 0.717) is 6.42 Å². The van der Waals surface area contributed by atoms with Crippen molar-refractivity contribution in [2.24, 2.45) is 0 Å². The normalized spacial score (nSPS) is 10.7. The van der Waals surface area contributed by atoms with Gasteiger partial charge in [-0.1, -0.05) is 58.3 Å². The lowest BCUT2D eigenvalue weighted by molar-refractivity contribution is -0.116. The van der Waals surface area contributed by atoms with Gasteiger partial charge in [0.2, 0.25) is 5.91 Å². The van der Waals surface area contributed by atoms with Gasteiger partial charge in [0, 0.05) is 12.5 Å². The Hall–Kier alpha value is -1.45. The Bertz CT molecular complexity index is 449. The Morgan fingerprint density at radius 1 is 0.955 bits per heavy atom. The van der Waals surface area contributed by atoms with Gasteiger partial charge in [-0.15, -0.1) is 0 Å². The van der Waals surface area contributed by atoms with E-state index in [9.17, 15) is 13.6 Å². The summed E-state index contributed by atoms with van der Waals surface area (Å²) in [5.41, 5.74) is 0.0438. The summed E-state index contributed by atoms with van der Waals surface area (Å²) >= 11 is 0. The number of carbonyl (C=O) groups excluding carboxylic acids is 1. The van der Waals surface area contributed by atoms with E-state index < -0.39 is 11.6 Å². The highest BCUT2D eigenvalue weighted by Gasteiger charge is 2.07. The smallest absolute Gasteiger partial charge is 0.224 e. The van der Waals surface area contributed by atoms with Crippen molar-refractivity contribution >= 4 is 11.6 Å². The standard InChI is InChI=1S/C18H27F2NO/c1-2-3-4-5-6-7-8-9-10-11-18(22)21-17-13-12-15(19)14-16(17)20/h12-14H,2-11H2,1H3,(H,21,22). The van der Waals surface area contributed by atoms with Crippen LogP contribution in [0.25, 0.3) is 0 Å². The molecule has 2 nitrogen and oxygen atoms in total. The molecule has 0 saturated carbocycles. The number of amides is 1. The summed E-state index contributed by atoms with van der Waals surface area (Å²) in [6, 6.07) is 3.16. The van der Waals surface area contributed by atoms with Crippen LogP contribution in [0.5, 0.6) is 0 Å². The Labute approximate surface area is 132 Å². The van der Waals surface area contributed by atoms with Crippen LogP contribution in [0.4, 0.5) is 14.5 Å². The van der Waals surface area contributed by atoms with E-state index in [4.69, 9.17) is 0 Å². The number of hydrogen-bond acceptors (Lipinski definition) is 1. The van der Waals surface area contributed by atoms with Gasteiger partial charge < -0.3 is 5.32 Å². The fourth-order valence-electron chi connectivity index (χ4n) is 2.40. The summed E-state index contributed by atoms with van der Waals surface area (Å²) < 4.78 is 26.1. The topological polar surface area (TPSA) is 29.1 Å². The van der Waals surface area contributed by atoms with Crippen LogP contribution in [0.3, 0.4) is 0 Å². The van der Waals surface area contributed by atoms with Crippen molar-refractivity contribution in [3.63, 3.8) is 0 Å². The molecule has 0 bridgehead atoms. The first kappa shape index (κ1) is 18.6. The van der Waals surface area contributed by atoms with E-state index in [0.717, 1.165) is 31.4 Å². The molecule has 0 heterocycles. The van der Waals surface area contributed by atoms with Gasteiger partial charge >= 0.3 is 0 Å². The average Bonchev–Trinajstić information content (AvgIpc) is 2.48. The molecule has 0 aliphatic rings. The molecule has 0 aromatic heterocycles. The van der Waals surface area contributed by atoms with E-state index in [2.05, 4.69) is 12.2 Å². The molecule has 0 atom stereocenters. The number of unbranched alkanes of at least 4 members (excludes halogenated alkanes) is 8. The van der Waals surface area contributed by atoms with E-state index >= 15 is 0 Å². The minimum absolute atomic E-state index is 0.0438. The number of rotatable bonds is 11. The van der Waals surface area contributed by atoms with Crippen molar-refractivity contribution in [1.82, 2.24) is 0 Å². The van der Waals surface area contributed by atoms with Gasteiger partial charge in [0.15, 0.2) is 0 Å². The highest BCUT2D eigenvalue weighted by Crippen LogP contribution is 2.16. The molecular weight excluding hydrogens is 284 g/mol.